The number of aliphatic imine (C=N–C) groups is 1. The number of halogens is 1. The quantitative estimate of drug-likeness (QED) is 0.275. The Morgan fingerprint density at radius 2 is 2.08 bits per heavy atom. The highest BCUT2D eigenvalue weighted by Gasteiger charge is 2.04. The Hall–Kier alpha value is -2.36. The molecule has 1 aromatic carbocycles. The highest BCUT2D eigenvalue weighted by molar-refractivity contribution is 14.0. The Bertz CT molecular complexity index is 679. The van der Waals surface area contributed by atoms with Gasteiger partial charge in [-0.15, -0.1) is 24.0 Å². The van der Waals surface area contributed by atoms with Gasteiger partial charge >= 0.3 is 0 Å². The summed E-state index contributed by atoms with van der Waals surface area (Å²) in [6, 6.07) is 10.8. The first-order valence-electron chi connectivity index (χ1n) is 7.09. The first kappa shape index (κ1) is 19.7. The number of anilines is 1. The zero-order valence-electron chi connectivity index (χ0n) is 13.2. The topological polar surface area (TPSA) is 102 Å². The molecular weight excluding hydrogens is 421 g/mol. The molecule has 2 aromatic rings. The van der Waals surface area contributed by atoms with E-state index in [2.05, 4.69) is 20.6 Å². The van der Waals surface area contributed by atoms with Crippen molar-refractivity contribution in [1.82, 2.24) is 10.3 Å². The zero-order valence-corrected chi connectivity index (χ0v) is 15.6. The highest BCUT2D eigenvalue weighted by Crippen LogP contribution is 2.22. The van der Waals surface area contributed by atoms with Crippen LogP contribution in [-0.4, -0.2) is 37.1 Å². The largest absolute Gasteiger partial charge is 0.495 e. The number of nitrogens with two attached hydrogens (primary N) is 1. The van der Waals surface area contributed by atoms with E-state index in [9.17, 15) is 4.79 Å². The number of rotatable bonds is 6. The molecule has 0 radical (unpaired) electrons. The van der Waals surface area contributed by atoms with Crippen LogP contribution < -0.4 is 21.1 Å². The fourth-order valence-electron chi connectivity index (χ4n) is 1.87. The van der Waals surface area contributed by atoms with Gasteiger partial charge in [0.1, 0.15) is 5.75 Å². The van der Waals surface area contributed by atoms with E-state index in [1.807, 2.05) is 24.3 Å². The summed E-state index contributed by atoms with van der Waals surface area (Å²) < 4.78 is 5.22. The summed E-state index contributed by atoms with van der Waals surface area (Å²) in [7, 11) is 1.59. The maximum absolute atomic E-state index is 11.8. The number of pyridine rings is 1. The lowest BCUT2D eigenvalue weighted by atomic mass is 10.3. The first-order valence-corrected chi connectivity index (χ1v) is 7.09. The summed E-state index contributed by atoms with van der Waals surface area (Å²) in [5.74, 6) is 0.741. The molecule has 8 heteroatoms. The van der Waals surface area contributed by atoms with Crippen molar-refractivity contribution in [2.45, 2.75) is 0 Å². The van der Waals surface area contributed by atoms with Crippen molar-refractivity contribution in [1.29, 1.82) is 0 Å². The number of nitrogens with one attached hydrogen (secondary N) is 2. The second-order valence-electron chi connectivity index (χ2n) is 4.59. The average Bonchev–Trinajstić information content (AvgIpc) is 2.59. The van der Waals surface area contributed by atoms with E-state index < -0.39 is 0 Å². The van der Waals surface area contributed by atoms with Gasteiger partial charge in [-0.2, -0.15) is 0 Å². The number of guanidine groups is 1. The van der Waals surface area contributed by atoms with E-state index in [1.54, 1.807) is 25.4 Å². The third-order valence-electron chi connectivity index (χ3n) is 2.97. The van der Waals surface area contributed by atoms with Crippen molar-refractivity contribution in [2.24, 2.45) is 10.7 Å². The third-order valence-corrected chi connectivity index (χ3v) is 2.97. The van der Waals surface area contributed by atoms with E-state index in [-0.39, 0.29) is 35.8 Å². The molecule has 0 bridgehead atoms. The summed E-state index contributed by atoms with van der Waals surface area (Å²) >= 11 is 0. The van der Waals surface area contributed by atoms with E-state index in [4.69, 9.17) is 10.5 Å². The molecule has 0 aliphatic carbocycles. The van der Waals surface area contributed by atoms with Crippen LogP contribution in [-0.2, 0) is 0 Å². The molecule has 24 heavy (non-hydrogen) atoms. The Morgan fingerprint density at radius 1 is 1.29 bits per heavy atom. The summed E-state index contributed by atoms with van der Waals surface area (Å²) in [5, 5.41) is 5.71. The number of aromatic nitrogens is 1. The van der Waals surface area contributed by atoms with Crippen LogP contribution in [0, 0.1) is 0 Å². The van der Waals surface area contributed by atoms with Crippen molar-refractivity contribution >= 4 is 41.5 Å². The molecular formula is C16H20IN5O2. The molecule has 0 fully saturated rings. The lowest BCUT2D eigenvalue weighted by Crippen LogP contribution is -2.28. The van der Waals surface area contributed by atoms with Crippen LogP contribution >= 0.6 is 24.0 Å². The minimum Gasteiger partial charge on any atom is -0.495 e. The van der Waals surface area contributed by atoms with E-state index in [0.717, 1.165) is 5.69 Å². The molecule has 2 rings (SSSR count). The van der Waals surface area contributed by atoms with Crippen molar-refractivity contribution in [3.8, 4) is 5.75 Å². The van der Waals surface area contributed by atoms with Gasteiger partial charge in [-0.3, -0.25) is 14.8 Å². The summed E-state index contributed by atoms with van der Waals surface area (Å²) in [6.07, 6.45) is 3.13. The molecule has 1 heterocycles. The number of amides is 1. The van der Waals surface area contributed by atoms with Gasteiger partial charge in [0.2, 0.25) is 0 Å². The number of hydrogen-bond donors (Lipinski definition) is 3. The van der Waals surface area contributed by atoms with Gasteiger partial charge in [0.25, 0.3) is 5.91 Å². The van der Waals surface area contributed by atoms with Crippen LogP contribution in [0.15, 0.2) is 53.8 Å². The first-order chi connectivity index (χ1) is 11.2. The van der Waals surface area contributed by atoms with Crippen LogP contribution in [0.25, 0.3) is 0 Å². The average molecular weight is 441 g/mol. The smallest absolute Gasteiger partial charge is 0.252 e. The molecule has 0 unspecified atom stereocenters. The fraction of sp³-hybridized carbons (Fsp3) is 0.188. The number of methoxy groups -OCH3 is 1. The van der Waals surface area contributed by atoms with Gasteiger partial charge in [0.15, 0.2) is 5.96 Å². The SMILES string of the molecule is COc1ccccc1NC(N)=NCCNC(=O)c1cccnc1.I. The number of benzene rings is 1. The van der Waals surface area contributed by atoms with Crippen molar-refractivity contribution in [3.05, 3.63) is 54.4 Å². The number of carbonyl (C=O) groups excluding carboxylic acids is 1. The molecule has 1 amide bonds. The molecule has 0 aliphatic heterocycles. The number of ether oxygens (including phenoxy) is 1. The summed E-state index contributed by atoms with van der Waals surface area (Å²) in [6.45, 7) is 0.738. The van der Waals surface area contributed by atoms with Crippen LogP contribution in [0.1, 0.15) is 10.4 Å². The van der Waals surface area contributed by atoms with Crippen molar-refractivity contribution < 1.29 is 9.53 Å². The number of hydrogen-bond acceptors (Lipinski definition) is 4. The minimum atomic E-state index is -0.190. The zero-order chi connectivity index (χ0) is 16.5. The molecule has 0 saturated heterocycles. The third kappa shape index (κ3) is 6.03. The maximum Gasteiger partial charge on any atom is 0.252 e. The highest BCUT2D eigenvalue weighted by atomic mass is 127. The summed E-state index contributed by atoms with van der Waals surface area (Å²) in [5.41, 5.74) is 7.06. The lowest BCUT2D eigenvalue weighted by Gasteiger charge is -2.10. The fourth-order valence-corrected chi connectivity index (χ4v) is 1.87. The lowest BCUT2D eigenvalue weighted by molar-refractivity contribution is 0.0954. The van der Waals surface area contributed by atoms with Gasteiger partial charge in [0.05, 0.1) is 24.9 Å². The number of nitrogens with zero attached hydrogens (tertiary/aromatic N) is 2. The van der Waals surface area contributed by atoms with Crippen LogP contribution in [0.3, 0.4) is 0 Å². The van der Waals surface area contributed by atoms with Crippen molar-refractivity contribution in [2.75, 3.05) is 25.5 Å². The molecule has 0 saturated carbocycles. The number of para-hydroxylation sites is 2. The van der Waals surface area contributed by atoms with Crippen molar-refractivity contribution in [3.63, 3.8) is 0 Å². The van der Waals surface area contributed by atoms with Gasteiger partial charge in [-0.1, -0.05) is 12.1 Å². The Morgan fingerprint density at radius 3 is 2.79 bits per heavy atom. The summed E-state index contributed by atoms with van der Waals surface area (Å²) in [4.78, 5) is 19.9. The molecule has 0 aliphatic rings. The van der Waals surface area contributed by atoms with Gasteiger partial charge in [-0.25, -0.2) is 0 Å². The molecule has 1 aromatic heterocycles. The predicted octanol–water partition coefficient (Wildman–Crippen LogP) is 1.86. The van der Waals surface area contributed by atoms with Gasteiger partial charge in [0, 0.05) is 18.9 Å². The van der Waals surface area contributed by atoms with E-state index >= 15 is 0 Å². The Labute approximate surface area is 157 Å². The normalized spacial score (nSPS) is 10.5. The maximum atomic E-state index is 11.8. The van der Waals surface area contributed by atoms with Crippen LogP contribution in [0.5, 0.6) is 5.75 Å². The van der Waals surface area contributed by atoms with E-state index in [0.29, 0.717) is 24.4 Å². The second-order valence-corrected chi connectivity index (χ2v) is 4.59. The number of carbonyl (C=O) groups is 1. The molecule has 7 nitrogen and oxygen atoms in total. The Kier molecular flexibility index (Phi) is 8.55. The van der Waals surface area contributed by atoms with Crippen LogP contribution in [0.4, 0.5) is 5.69 Å². The standard InChI is InChI=1S/C16H19N5O2.HI/c1-23-14-7-3-2-6-13(14)21-16(17)20-10-9-19-15(22)12-5-4-8-18-11-12;/h2-8,11H,9-10H2,1H3,(H,19,22)(H3,17,20,21);1H. The van der Waals surface area contributed by atoms with Crippen LogP contribution in [0.2, 0.25) is 0 Å². The minimum absolute atomic E-state index is 0. The monoisotopic (exact) mass is 441 g/mol. The predicted molar refractivity (Wildman–Crippen MR) is 105 cm³/mol. The Balaban J connectivity index is 0.00000288. The molecule has 4 N–H and O–H groups in total. The van der Waals surface area contributed by atoms with E-state index in [1.165, 1.54) is 6.20 Å². The molecule has 128 valence electrons. The molecule has 0 atom stereocenters. The second kappa shape index (κ2) is 10.4. The van der Waals surface area contributed by atoms with Gasteiger partial charge < -0.3 is 21.1 Å². The molecule has 0 spiro atoms. The van der Waals surface area contributed by atoms with Gasteiger partial charge in [-0.05, 0) is 24.3 Å².